The SMILES string of the molecule is COc1cc(C)c(C=Cc2c(C)cc(OC)cc2C)c(C)c1. The van der Waals surface area contributed by atoms with E-state index in [0.717, 1.165) is 11.5 Å². The zero-order valence-corrected chi connectivity index (χ0v) is 14.3. The zero-order valence-electron chi connectivity index (χ0n) is 14.3. The molecule has 0 atom stereocenters. The molecule has 0 saturated heterocycles. The number of benzene rings is 2. The highest BCUT2D eigenvalue weighted by molar-refractivity contribution is 5.76. The van der Waals surface area contributed by atoms with Gasteiger partial charge in [0.05, 0.1) is 14.2 Å². The summed E-state index contributed by atoms with van der Waals surface area (Å²) >= 11 is 0. The summed E-state index contributed by atoms with van der Waals surface area (Å²) in [6.07, 6.45) is 4.37. The first-order chi connectivity index (χ1) is 10.5. The minimum atomic E-state index is 0.906. The molecule has 0 N–H and O–H groups in total. The van der Waals surface area contributed by atoms with E-state index in [9.17, 15) is 0 Å². The number of hydrogen-bond acceptors (Lipinski definition) is 2. The Morgan fingerprint density at radius 2 is 0.864 bits per heavy atom. The van der Waals surface area contributed by atoms with Crippen LogP contribution in [0.4, 0.5) is 0 Å². The van der Waals surface area contributed by atoms with Crippen LogP contribution in [0.25, 0.3) is 12.2 Å². The fraction of sp³-hybridized carbons (Fsp3) is 0.300. The molecule has 0 aliphatic rings. The fourth-order valence-corrected chi connectivity index (χ4v) is 2.80. The normalized spacial score (nSPS) is 11.0. The Bertz CT molecular complexity index is 604. The van der Waals surface area contributed by atoms with Gasteiger partial charge in [-0.3, -0.25) is 0 Å². The van der Waals surface area contributed by atoms with Gasteiger partial charge in [0.15, 0.2) is 0 Å². The lowest BCUT2D eigenvalue weighted by molar-refractivity contribution is 0.414. The molecule has 0 spiro atoms. The second-order valence-corrected chi connectivity index (χ2v) is 5.68. The number of methoxy groups -OCH3 is 2. The van der Waals surface area contributed by atoms with Gasteiger partial charge < -0.3 is 9.47 Å². The minimum Gasteiger partial charge on any atom is -0.497 e. The van der Waals surface area contributed by atoms with Crippen molar-refractivity contribution in [1.82, 2.24) is 0 Å². The molecule has 2 heteroatoms. The van der Waals surface area contributed by atoms with Gasteiger partial charge >= 0.3 is 0 Å². The fourth-order valence-electron chi connectivity index (χ4n) is 2.80. The zero-order chi connectivity index (χ0) is 16.3. The van der Waals surface area contributed by atoms with Gasteiger partial charge in [0.1, 0.15) is 11.5 Å². The second kappa shape index (κ2) is 6.69. The lowest BCUT2D eigenvalue weighted by Crippen LogP contribution is -1.92. The van der Waals surface area contributed by atoms with Gasteiger partial charge in [0.2, 0.25) is 0 Å². The molecule has 0 amide bonds. The molecule has 0 saturated carbocycles. The molecule has 2 aromatic carbocycles. The Morgan fingerprint density at radius 1 is 0.591 bits per heavy atom. The van der Waals surface area contributed by atoms with Crippen LogP contribution in [0.15, 0.2) is 24.3 Å². The highest BCUT2D eigenvalue weighted by Crippen LogP contribution is 2.26. The summed E-state index contributed by atoms with van der Waals surface area (Å²) in [6.45, 7) is 8.46. The molecule has 2 rings (SSSR count). The predicted molar refractivity (Wildman–Crippen MR) is 93.9 cm³/mol. The average Bonchev–Trinajstić information content (AvgIpc) is 2.47. The third-order valence-corrected chi connectivity index (χ3v) is 4.02. The Morgan fingerprint density at radius 3 is 1.09 bits per heavy atom. The molecule has 0 bridgehead atoms. The monoisotopic (exact) mass is 296 g/mol. The summed E-state index contributed by atoms with van der Waals surface area (Å²) in [4.78, 5) is 0. The highest BCUT2D eigenvalue weighted by atomic mass is 16.5. The van der Waals surface area contributed by atoms with Gasteiger partial charge in [-0.15, -0.1) is 0 Å². The van der Waals surface area contributed by atoms with Crippen molar-refractivity contribution in [2.75, 3.05) is 14.2 Å². The Balaban J connectivity index is 2.41. The van der Waals surface area contributed by atoms with E-state index in [-0.39, 0.29) is 0 Å². The van der Waals surface area contributed by atoms with Gasteiger partial charge in [-0.1, -0.05) is 12.2 Å². The third kappa shape index (κ3) is 3.33. The topological polar surface area (TPSA) is 18.5 Å². The van der Waals surface area contributed by atoms with Crippen LogP contribution in [0.1, 0.15) is 33.4 Å². The first-order valence-corrected chi connectivity index (χ1v) is 7.44. The van der Waals surface area contributed by atoms with E-state index in [1.54, 1.807) is 14.2 Å². The minimum absolute atomic E-state index is 0.906. The lowest BCUT2D eigenvalue weighted by atomic mass is 9.98. The van der Waals surface area contributed by atoms with Crippen molar-refractivity contribution >= 4 is 12.2 Å². The third-order valence-electron chi connectivity index (χ3n) is 4.02. The van der Waals surface area contributed by atoms with E-state index in [0.29, 0.717) is 0 Å². The maximum atomic E-state index is 5.32. The van der Waals surface area contributed by atoms with Crippen molar-refractivity contribution in [1.29, 1.82) is 0 Å². The Hall–Kier alpha value is -2.22. The molecule has 116 valence electrons. The van der Waals surface area contributed by atoms with Crippen molar-refractivity contribution in [2.24, 2.45) is 0 Å². The number of aryl methyl sites for hydroxylation is 4. The molecular weight excluding hydrogens is 272 g/mol. The van der Waals surface area contributed by atoms with E-state index >= 15 is 0 Å². The van der Waals surface area contributed by atoms with E-state index in [4.69, 9.17) is 9.47 Å². The molecule has 2 aromatic rings. The number of hydrogen-bond donors (Lipinski definition) is 0. The van der Waals surface area contributed by atoms with Crippen LogP contribution in [-0.2, 0) is 0 Å². The van der Waals surface area contributed by atoms with Crippen molar-refractivity contribution in [3.8, 4) is 11.5 Å². The van der Waals surface area contributed by atoms with Crippen molar-refractivity contribution in [3.05, 3.63) is 57.6 Å². The maximum Gasteiger partial charge on any atom is 0.119 e. The summed E-state index contributed by atoms with van der Waals surface area (Å²) in [5.74, 6) is 1.81. The van der Waals surface area contributed by atoms with Crippen molar-refractivity contribution in [2.45, 2.75) is 27.7 Å². The van der Waals surface area contributed by atoms with Crippen LogP contribution in [0.3, 0.4) is 0 Å². The summed E-state index contributed by atoms with van der Waals surface area (Å²) < 4.78 is 10.6. The molecule has 0 aromatic heterocycles. The van der Waals surface area contributed by atoms with E-state index in [1.165, 1.54) is 33.4 Å². The molecule has 0 aliphatic heterocycles. The average molecular weight is 296 g/mol. The van der Waals surface area contributed by atoms with Crippen LogP contribution in [0, 0.1) is 27.7 Å². The van der Waals surface area contributed by atoms with E-state index in [2.05, 4.69) is 64.1 Å². The largest absolute Gasteiger partial charge is 0.497 e. The first kappa shape index (κ1) is 16.2. The Labute approximate surface area is 133 Å². The molecule has 2 nitrogen and oxygen atoms in total. The molecular formula is C20H24O2. The van der Waals surface area contributed by atoms with Crippen molar-refractivity contribution < 1.29 is 9.47 Å². The molecule has 0 heterocycles. The van der Waals surface area contributed by atoms with E-state index < -0.39 is 0 Å². The van der Waals surface area contributed by atoms with Crippen LogP contribution >= 0.6 is 0 Å². The predicted octanol–water partition coefficient (Wildman–Crippen LogP) is 5.11. The summed E-state index contributed by atoms with van der Waals surface area (Å²) in [5.41, 5.74) is 7.37. The van der Waals surface area contributed by atoms with Crippen LogP contribution in [-0.4, -0.2) is 14.2 Å². The van der Waals surface area contributed by atoms with Crippen LogP contribution in [0.2, 0.25) is 0 Å². The first-order valence-electron chi connectivity index (χ1n) is 7.44. The highest BCUT2D eigenvalue weighted by Gasteiger charge is 2.05. The smallest absolute Gasteiger partial charge is 0.119 e. The Kier molecular flexibility index (Phi) is 4.92. The molecule has 0 fully saturated rings. The molecule has 0 aliphatic carbocycles. The summed E-state index contributed by atoms with van der Waals surface area (Å²) in [5, 5.41) is 0. The van der Waals surface area contributed by atoms with Crippen LogP contribution < -0.4 is 9.47 Å². The summed E-state index contributed by atoms with van der Waals surface area (Å²) in [7, 11) is 3.40. The molecule has 22 heavy (non-hydrogen) atoms. The molecule has 0 unspecified atom stereocenters. The number of ether oxygens (including phenoxy) is 2. The van der Waals surface area contributed by atoms with Gasteiger partial charge in [-0.2, -0.15) is 0 Å². The van der Waals surface area contributed by atoms with E-state index in [1.807, 2.05) is 0 Å². The van der Waals surface area contributed by atoms with Gasteiger partial charge in [0.25, 0.3) is 0 Å². The van der Waals surface area contributed by atoms with Gasteiger partial charge in [-0.25, -0.2) is 0 Å². The molecule has 0 radical (unpaired) electrons. The standard InChI is InChI=1S/C20H24O2/c1-13-9-17(21-5)10-14(2)19(13)7-8-20-15(3)11-18(22-6)12-16(20)4/h7-12H,1-6H3. The lowest BCUT2D eigenvalue weighted by Gasteiger charge is -2.11. The quantitative estimate of drug-likeness (QED) is 0.730. The maximum absolute atomic E-state index is 5.32. The van der Waals surface area contributed by atoms with Crippen molar-refractivity contribution in [3.63, 3.8) is 0 Å². The van der Waals surface area contributed by atoms with Gasteiger partial charge in [-0.05, 0) is 85.3 Å². The van der Waals surface area contributed by atoms with Gasteiger partial charge in [0, 0.05) is 0 Å². The van der Waals surface area contributed by atoms with Crippen LogP contribution in [0.5, 0.6) is 11.5 Å². The number of rotatable bonds is 4. The summed E-state index contributed by atoms with van der Waals surface area (Å²) in [6, 6.07) is 8.28. The second-order valence-electron chi connectivity index (χ2n) is 5.68.